The lowest BCUT2D eigenvalue weighted by Crippen LogP contribution is -2.52. The standard InChI is InChI=1S/C27H40O3/c1-16(2)20-10-12-27(15-28)13-11-24-23-6-4-18-14-19(30-17(3)29)5-7-21(18)22(23)8-9-25(24)26(20)27/h15,18-26H,1,4-14H2,2-3H3/t18-,19+,20+,21+,22-,23-,24+,25+,26+,27-/m1/s1. The Hall–Kier alpha value is -1.12. The molecule has 0 aromatic rings. The van der Waals surface area contributed by atoms with E-state index in [9.17, 15) is 9.59 Å². The third kappa shape index (κ3) is 3.21. The average molecular weight is 413 g/mol. The van der Waals surface area contributed by atoms with E-state index in [4.69, 9.17) is 4.74 Å². The van der Waals surface area contributed by atoms with Crippen molar-refractivity contribution in [3.05, 3.63) is 12.2 Å². The summed E-state index contributed by atoms with van der Waals surface area (Å²) in [6.07, 6.45) is 15.0. The summed E-state index contributed by atoms with van der Waals surface area (Å²) >= 11 is 0. The highest BCUT2D eigenvalue weighted by Crippen LogP contribution is 2.65. The molecule has 0 bridgehead atoms. The van der Waals surface area contributed by atoms with Gasteiger partial charge in [0.25, 0.3) is 0 Å². The number of rotatable bonds is 3. The van der Waals surface area contributed by atoms with Gasteiger partial charge in [-0.1, -0.05) is 12.2 Å². The second-order valence-electron chi connectivity index (χ2n) is 11.7. The minimum atomic E-state index is -0.114. The van der Waals surface area contributed by atoms with Crippen LogP contribution < -0.4 is 0 Å². The van der Waals surface area contributed by atoms with Crippen molar-refractivity contribution in [1.29, 1.82) is 0 Å². The molecule has 0 radical (unpaired) electrons. The fourth-order valence-corrected chi connectivity index (χ4v) is 9.54. The van der Waals surface area contributed by atoms with Crippen molar-refractivity contribution in [3.8, 4) is 0 Å². The molecule has 5 saturated carbocycles. The number of ether oxygens (including phenoxy) is 1. The van der Waals surface area contributed by atoms with E-state index in [2.05, 4.69) is 13.5 Å². The first kappa shape index (κ1) is 20.8. The quantitative estimate of drug-likeness (QED) is 0.326. The third-order valence-corrected chi connectivity index (χ3v) is 10.5. The first-order valence-corrected chi connectivity index (χ1v) is 12.7. The zero-order valence-corrected chi connectivity index (χ0v) is 19.0. The van der Waals surface area contributed by atoms with Gasteiger partial charge in [0.15, 0.2) is 0 Å². The fraction of sp³-hybridized carbons (Fsp3) is 0.852. The second-order valence-corrected chi connectivity index (χ2v) is 11.7. The van der Waals surface area contributed by atoms with Crippen LogP contribution in [0.1, 0.15) is 84.5 Å². The summed E-state index contributed by atoms with van der Waals surface area (Å²) < 4.78 is 5.59. The molecule has 0 N–H and O–H groups in total. The zero-order chi connectivity index (χ0) is 21.0. The minimum Gasteiger partial charge on any atom is -0.463 e. The molecule has 0 aromatic heterocycles. The number of hydrogen-bond acceptors (Lipinski definition) is 3. The van der Waals surface area contributed by atoms with Gasteiger partial charge in [0, 0.05) is 12.3 Å². The average Bonchev–Trinajstić information content (AvgIpc) is 3.13. The first-order chi connectivity index (χ1) is 14.4. The Morgan fingerprint density at radius 2 is 1.50 bits per heavy atom. The zero-order valence-electron chi connectivity index (χ0n) is 19.0. The maximum Gasteiger partial charge on any atom is 0.302 e. The van der Waals surface area contributed by atoms with Gasteiger partial charge in [-0.3, -0.25) is 4.79 Å². The van der Waals surface area contributed by atoms with E-state index in [1.165, 1.54) is 56.8 Å². The number of carbonyl (C=O) groups is 2. The van der Waals surface area contributed by atoms with Crippen molar-refractivity contribution in [2.75, 3.05) is 0 Å². The molecule has 0 unspecified atom stereocenters. The monoisotopic (exact) mass is 412 g/mol. The largest absolute Gasteiger partial charge is 0.463 e. The van der Waals surface area contributed by atoms with Crippen LogP contribution in [0, 0.1) is 52.8 Å². The number of esters is 1. The molecule has 3 nitrogen and oxygen atoms in total. The molecule has 5 aliphatic carbocycles. The van der Waals surface area contributed by atoms with Gasteiger partial charge >= 0.3 is 5.97 Å². The summed E-state index contributed by atoms with van der Waals surface area (Å²) in [5.74, 6) is 5.92. The Kier molecular flexibility index (Phi) is 5.39. The Balaban J connectivity index is 1.34. The van der Waals surface area contributed by atoms with Crippen molar-refractivity contribution in [2.45, 2.75) is 90.6 Å². The van der Waals surface area contributed by atoms with Gasteiger partial charge in [-0.05, 0) is 125 Å². The molecular weight excluding hydrogens is 372 g/mol. The van der Waals surface area contributed by atoms with Crippen LogP contribution >= 0.6 is 0 Å². The van der Waals surface area contributed by atoms with E-state index < -0.39 is 0 Å². The second kappa shape index (κ2) is 7.78. The van der Waals surface area contributed by atoms with Gasteiger partial charge in [0.2, 0.25) is 0 Å². The van der Waals surface area contributed by atoms with E-state index in [1.807, 2.05) is 0 Å². The van der Waals surface area contributed by atoms with E-state index in [0.29, 0.717) is 11.8 Å². The Morgan fingerprint density at radius 3 is 2.23 bits per heavy atom. The van der Waals surface area contributed by atoms with Gasteiger partial charge in [-0.2, -0.15) is 0 Å². The lowest BCUT2D eigenvalue weighted by molar-refractivity contribution is -0.152. The van der Waals surface area contributed by atoms with Crippen LogP contribution in [0.15, 0.2) is 12.2 Å². The Bertz CT molecular complexity index is 713. The molecule has 5 rings (SSSR count). The molecule has 10 atom stereocenters. The summed E-state index contributed by atoms with van der Waals surface area (Å²) in [7, 11) is 0. The minimum absolute atomic E-state index is 0.0447. The predicted octanol–water partition coefficient (Wildman–Crippen LogP) is 5.97. The van der Waals surface area contributed by atoms with Gasteiger partial charge in [0.05, 0.1) is 0 Å². The molecule has 3 heteroatoms. The van der Waals surface area contributed by atoms with Crippen molar-refractivity contribution in [2.24, 2.45) is 52.8 Å². The van der Waals surface area contributed by atoms with E-state index in [1.54, 1.807) is 6.92 Å². The molecule has 0 aromatic carbocycles. The molecule has 0 aliphatic heterocycles. The molecule has 5 fully saturated rings. The summed E-state index contributed by atoms with van der Waals surface area (Å²) in [5, 5.41) is 0. The van der Waals surface area contributed by atoms with Gasteiger partial charge in [-0.15, -0.1) is 0 Å². The maximum absolute atomic E-state index is 12.3. The topological polar surface area (TPSA) is 43.4 Å². The number of aldehydes is 1. The molecule has 0 spiro atoms. The molecule has 0 saturated heterocycles. The number of hydrogen-bond donors (Lipinski definition) is 0. The van der Waals surface area contributed by atoms with E-state index in [0.717, 1.165) is 61.2 Å². The van der Waals surface area contributed by atoms with Gasteiger partial charge in [-0.25, -0.2) is 0 Å². The van der Waals surface area contributed by atoms with Crippen LogP contribution in [0.5, 0.6) is 0 Å². The SMILES string of the molecule is C=C(C)[C@@H]1CC[C@]2(C=O)CC[C@H]3[C@@H]4CC[C@@H]5C[C@@H](OC(C)=O)CC[C@@H]5[C@H]4CC[C@@H]3[C@H]12. The number of fused-ring (bicyclic) bond motifs is 7. The molecule has 0 heterocycles. The molecule has 30 heavy (non-hydrogen) atoms. The normalized spacial score (nSPS) is 49.7. The van der Waals surface area contributed by atoms with Crippen molar-refractivity contribution >= 4 is 12.3 Å². The molecule has 166 valence electrons. The summed E-state index contributed by atoms with van der Waals surface area (Å²) in [4.78, 5) is 23.7. The highest BCUT2D eigenvalue weighted by molar-refractivity contribution is 5.66. The van der Waals surface area contributed by atoms with Crippen LogP contribution in [0.4, 0.5) is 0 Å². The summed E-state index contributed by atoms with van der Waals surface area (Å²) in [5.41, 5.74) is 1.27. The molecule has 0 amide bonds. The number of carbonyl (C=O) groups excluding carboxylic acids is 2. The lowest BCUT2D eigenvalue weighted by Gasteiger charge is -2.58. The predicted molar refractivity (Wildman–Crippen MR) is 118 cm³/mol. The highest BCUT2D eigenvalue weighted by Gasteiger charge is 2.59. The highest BCUT2D eigenvalue weighted by atomic mass is 16.5. The summed E-state index contributed by atoms with van der Waals surface area (Å²) in [6.45, 7) is 8.09. The summed E-state index contributed by atoms with van der Waals surface area (Å²) in [6, 6.07) is 0. The van der Waals surface area contributed by atoms with Crippen LogP contribution in [0.25, 0.3) is 0 Å². The smallest absolute Gasteiger partial charge is 0.302 e. The van der Waals surface area contributed by atoms with Crippen LogP contribution in [0.3, 0.4) is 0 Å². The molecular formula is C27H40O3. The van der Waals surface area contributed by atoms with Crippen molar-refractivity contribution in [3.63, 3.8) is 0 Å². The maximum atomic E-state index is 12.3. The van der Waals surface area contributed by atoms with Gasteiger partial charge in [0.1, 0.15) is 12.4 Å². The van der Waals surface area contributed by atoms with E-state index in [-0.39, 0.29) is 17.5 Å². The number of allylic oxidation sites excluding steroid dienone is 1. The Labute approximate surface area is 182 Å². The van der Waals surface area contributed by atoms with Crippen LogP contribution in [-0.4, -0.2) is 18.4 Å². The first-order valence-electron chi connectivity index (χ1n) is 12.7. The van der Waals surface area contributed by atoms with Gasteiger partial charge < -0.3 is 9.53 Å². The van der Waals surface area contributed by atoms with E-state index >= 15 is 0 Å². The lowest BCUT2D eigenvalue weighted by atomic mass is 9.46. The van der Waals surface area contributed by atoms with Crippen LogP contribution in [-0.2, 0) is 14.3 Å². The van der Waals surface area contributed by atoms with Crippen molar-refractivity contribution in [1.82, 2.24) is 0 Å². The Morgan fingerprint density at radius 1 is 0.867 bits per heavy atom. The third-order valence-electron chi connectivity index (χ3n) is 10.5. The van der Waals surface area contributed by atoms with Crippen LogP contribution in [0.2, 0.25) is 0 Å². The molecule has 5 aliphatic rings. The van der Waals surface area contributed by atoms with Crippen molar-refractivity contribution < 1.29 is 14.3 Å². The fourth-order valence-electron chi connectivity index (χ4n) is 9.54.